The van der Waals surface area contributed by atoms with Crippen molar-refractivity contribution in [1.82, 2.24) is 9.29 Å². The topological polar surface area (TPSA) is 79.4 Å². The highest BCUT2D eigenvalue weighted by Crippen LogP contribution is 2.20. The molecule has 0 saturated heterocycles. The van der Waals surface area contributed by atoms with Gasteiger partial charge in [-0.05, 0) is 42.3 Å². The van der Waals surface area contributed by atoms with Crippen LogP contribution in [0, 0.1) is 6.92 Å². The smallest absolute Gasteiger partial charge is 0.225 e. The number of nitrogens with zero attached hydrogens (tertiary/aromatic N) is 2. The van der Waals surface area contributed by atoms with Crippen LogP contribution < -0.4 is 5.32 Å². The highest BCUT2D eigenvalue weighted by Gasteiger charge is 2.18. The minimum atomic E-state index is -3.43. The lowest BCUT2D eigenvalue weighted by Crippen LogP contribution is -2.32. The van der Waals surface area contributed by atoms with Crippen molar-refractivity contribution in [3.63, 3.8) is 0 Å². The van der Waals surface area contributed by atoms with Gasteiger partial charge in [-0.15, -0.1) is 0 Å². The zero-order chi connectivity index (χ0) is 18.4. The van der Waals surface area contributed by atoms with E-state index in [-0.39, 0.29) is 25.4 Å². The number of anilines is 1. The van der Waals surface area contributed by atoms with Crippen LogP contribution in [0.3, 0.4) is 0 Å². The first kappa shape index (κ1) is 19.4. The molecule has 1 amide bonds. The molecule has 0 aliphatic carbocycles. The molecule has 1 aromatic carbocycles. The van der Waals surface area contributed by atoms with E-state index in [9.17, 15) is 13.2 Å². The first-order chi connectivity index (χ1) is 11.8. The van der Waals surface area contributed by atoms with Gasteiger partial charge >= 0.3 is 0 Å². The number of hydrogen-bond acceptors (Lipinski definition) is 4. The second kappa shape index (κ2) is 8.42. The van der Waals surface area contributed by atoms with Gasteiger partial charge in [-0.3, -0.25) is 9.78 Å². The molecular formula is C17H20ClN3O3S. The maximum atomic E-state index is 12.1. The van der Waals surface area contributed by atoms with Crippen LogP contribution in [0.4, 0.5) is 5.69 Å². The Morgan fingerprint density at radius 3 is 2.52 bits per heavy atom. The Balaban J connectivity index is 1.97. The Morgan fingerprint density at radius 1 is 1.24 bits per heavy atom. The summed E-state index contributed by atoms with van der Waals surface area (Å²) >= 11 is 6.03. The highest BCUT2D eigenvalue weighted by atomic mass is 35.5. The van der Waals surface area contributed by atoms with Crippen molar-refractivity contribution in [2.24, 2.45) is 0 Å². The van der Waals surface area contributed by atoms with Gasteiger partial charge < -0.3 is 5.32 Å². The molecule has 134 valence electrons. The molecule has 1 heterocycles. The fourth-order valence-electron chi connectivity index (χ4n) is 2.17. The number of aromatic nitrogens is 1. The molecule has 1 N–H and O–H groups in total. The van der Waals surface area contributed by atoms with Crippen LogP contribution in [0.25, 0.3) is 0 Å². The number of sulfonamides is 1. The van der Waals surface area contributed by atoms with E-state index in [0.29, 0.717) is 10.7 Å². The summed E-state index contributed by atoms with van der Waals surface area (Å²) in [5, 5.41) is 3.29. The van der Waals surface area contributed by atoms with Gasteiger partial charge in [0.25, 0.3) is 0 Å². The van der Waals surface area contributed by atoms with E-state index in [1.165, 1.54) is 4.31 Å². The molecule has 8 heteroatoms. The number of carbonyl (C=O) groups is 1. The first-order valence-electron chi connectivity index (χ1n) is 7.66. The molecule has 2 rings (SSSR count). The molecule has 1 aromatic heterocycles. The van der Waals surface area contributed by atoms with Crippen molar-refractivity contribution >= 4 is 33.2 Å². The second-order valence-electron chi connectivity index (χ2n) is 5.71. The first-order valence-corrected chi connectivity index (χ1v) is 9.88. The summed E-state index contributed by atoms with van der Waals surface area (Å²) in [6.07, 6.45) is 4.38. The van der Waals surface area contributed by atoms with Crippen LogP contribution in [0.2, 0.25) is 5.02 Å². The summed E-state index contributed by atoms with van der Waals surface area (Å²) in [4.78, 5) is 16.0. The predicted octanol–water partition coefficient (Wildman–Crippen LogP) is 2.83. The van der Waals surface area contributed by atoms with E-state index in [1.807, 2.05) is 13.0 Å². The lowest BCUT2D eigenvalue weighted by molar-refractivity contribution is -0.116. The Bertz CT molecular complexity index is 841. The lowest BCUT2D eigenvalue weighted by Gasteiger charge is -2.19. The molecule has 0 aliphatic heterocycles. The lowest BCUT2D eigenvalue weighted by atomic mass is 10.2. The standard InChI is InChI=1S/C17H20ClN3O3S/c1-13-3-4-15(11-16(13)18)20-17(22)7-10-21(25(2,23)24)12-14-5-8-19-9-6-14/h3-6,8-9,11H,7,10,12H2,1-2H3,(H,20,22). The van der Waals surface area contributed by atoms with Crippen molar-refractivity contribution < 1.29 is 13.2 Å². The van der Waals surface area contributed by atoms with Crippen molar-refractivity contribution in [1.29, 1.82) is 0 Å². The number of rotatable bonds is 7. The zero-order valence-electron chi connectivity index (χ0n) is 14.1. The number of nitrogens with one attached hydrogen (secondary N) is 1. The van der Waals surface area contributed by atoms with Gasteiger partial charge in [0.05, 0.1) is 6.26 Å². The van der Waals surface area contributed by atoms with Gasteiger partial charge in [0, 0.05) is 42.6 Å². The van der Waals surface area contributed by atoms with Crippen LogP contribution in [0.5, 0.6) is 0 Å². The minimum Gasteiger partial charge on any atom is -0.326 e. The van der Waals surface area contributed by atoms with E-state index in [0.717, 1.165) is 17.4 Å². The molecule has 25 heavy (non-hydrogen) atoms. The van der Waals surface area contributed by atoms with Gasteiger partial charge in [0.15, 0.2) is 0 Å². The van der Waals surface area contributed by atoms with Gasteiger partial charge in [0.1, 0.15) is 0 Å². The van der Waals surface area contributed by atoms with Crippen LogP contribution >= 0.6 is 11.6 Å². The maximum Gasteiger partial charge on any atom is 0.225 e. The van der Waals surface area contributed by atoms with E-state index in [1.54, 1.807) is 36.7 Å². The summed E-state index contributed by atoms with van der Waals surface area (Å²) in [5.41, 5.74) is 2.31. The van der Waals surface area contributed by atoms with Crippen molar-refractivity contribution in [2.45, 2.75) is 19.9 Å². The van der Waals surface area contributed by atoms with Gasteiger partial charge in [0.2, 0.25) is 15.9 Å². The van der Waals surface area contributed by atoms with E-state index < -0.39 is 10.0 Å². The Labute approximate surface area is 152 Å². The number of carbonyl (C=O) groups excluding carboxylic acids is 1. The third-order valence-corrected chi connectivity index (χ3v) is 5.28. The van der Waals surface area contributed by atoms with Crippen LogP contribution in [0.1, 0.15) is 17.5 Å². The van der Waals surface area contributed by atoms with Crippen molar-refractivity contribution in [2.75, 3.05) is 18.1 Å². The summed E-state index contributed by atoms with van der Waals surface area (Å²) in [5.74, 6) is -0.275. The minimum absolute atomic E-state index is 0.0453. The molecule has 2 aromatic rings. The fourth-order valence-corrected chi connectivity index (χ4v) is 3.16. The predicted molar refractivity (Wildman–Crippen MR) is 98.9 cm³/mol. The number of pyridine rings is 1. The Kier molecular flexibility index (Phi) is 6.52. The maximum absolute atomic E-state index is 12.1. The van der Waals surface area contributed by atoms with E-state index >= 15 is 0 Å². The molecule has 0 aliphatic rings. The SMILES string of the molecule is Cc1ccc(NC(=O)CCN(Cc2ccncc2)S(C)(=O)=O)cc1Cl. The van der Waals surface area contributed by atoms with Crippen LogP contribution in [0.15, 0.2) is 42.7 Å². The Hall–Kier alpha value is -1.96. The number of amides is 1. The number of hydrogen-bond donors (Lipinski definition) is 1. The fraction of sp³-hybridized carbons (Fsp3) is 0.294. The van der Waals surface area contributed by atoms with E-state index in [2.05, 4.69) is 10.3 Å². The summed E-state index contributed by atoms with van der Waals surface area (Å²) in [6, 6.07) is 8.72. The number of benzene rings is 1. The molecule has 0 saturated carbocycles. The number of halogens is 1. The van der Waals surface area contributed by atoms with Crippen molar-refractivity contribution in [3.8, 4) is 0 Å². The molecule has 0 unspecified atom stereocenters. The average Bonchev–Trinajstić information content (AvgIpc) is 2.55. The van der Waals surface area contributed by atoms with Crippen molar-refractivity contribution in [3.05, 3.63) is 58.9 Å². The highest BCUT2D eigenvalue weighted by molar-refractivity contribution is 7.88. The molecule has 0 fully saturated rings. The quantitative estimate of drug-likeness (QED) is 0.799. The summed E-state index contributed by atoms with van der Waals surface area (Å²) in [7, 11) is -3.43. The molecule has 0 spiro atoms. The van der Waals surface area contributed by atoms with E-state index in [4.69, 9.17) is 11.6 Å². The molecular weight excluding hydrogens is 362 g/mol. The Morgan fingerprint density at radius 2 is 1.92 bits per heavy atom. The molecule has 0 atom stereocenters. The van der Waals surface area contributed by atoms with Gasteiger partial charge in [-0.2, -0.15) is 4.31 Å². The third-order valence-electron chi connectivity index (χ3n) is 3.62. The second-order valence-corrected chi connectivity index (χ2v) is 8.10. The largest absolute Gasteiger partial charge is 0.326 e. The monoisotopic (exact) mass is 381 g/mol. The van der Waals surface area contributed by atoms with Crippen LogP contribution in [-0.4, -0.2) is 36.4 Å². The van der Waals surface area contributed by atoms with Gasteiger partial charge in [-0.25, -0.2) is 8.42 Å². The van der Waals surface area contributed by atoms with Crippen LogP contribution in [-0.2, 0) is 21.4 Å². The molecule has 6 nitrogen and oxygen atoms in total. The molecule has 0 radical (unpaired) electrons. The van der Waals surface area contributed by atoms with Gasteiger partial charge in [-0.1, -0.05) is 17.7 Å². The normalized spacial score (nSPS) is 11.5. The number of aryl methyl sites for hydroxylation is 1. The average molecular weight is 382 g/mol. The summed E-state index contributed by atoms with van der Waals surface area (Å²) in [6.45, 7) is 2.16. The zero-order valence-corrected chi connectivity index (χ0v) is 15.6. The molecule has 0 bridgehead atoms. The summed E-state index contributed by atoms with van der Waals surface area (Å²) < 4.78 is 25.2. The third kappa shape index (κ3) is 6.12.